The second-order valence-electron chi connectivity index (χ2n) is 6.79. The number of carbonyl (C=O) groups is 1. The number of hydrogen-bond acceptors (Lipinski definition) is 4. The van der Waals surface area contributed by atoms with Crippen LogP contribution in [0.5, 0.6) is 5.75 Å². The third kappa shape index (κ3) is 4.63. The van der Waals surface area contributed by atoms with Gasteiger partial charge in [-0.15, -0.1) is 0 Å². The number of aromatic nitrogens is 1. The Morgan fingerprint density at radius 2 is 1.70 bits per heavy atom. The molecule has 0 saturated carbocycles. The maximum atomic E-state index is 14.4. The minimum atomic E-state index is -1.74. The van der Waals surface area contributed by atoms with Gasteiger partial charge in [0.15, 0.2) is 0 Å². The number of hydrazine groups is 1. The number of pyridine rings is 1. The van der Waals surface area contributed by atoms with E-state index in [-0.39, 0.29) is 24.0 Å². The number of amides is 1. The highest BCUT2D eigenvalue weighted by atomic mass is 19.2. The predicted molar refractivity (Wildman–Crippen MR) is 112 cm³/mol. The Balaban J connectivity index is 1.81. The van der Waals surface area contributed by atoms with E-state index >= 15 is 0 Å². The molecule has 0 aliphatic heterocycles. The van der Waals surface area contributed by atoms with E-state index in [1.54, 1.807) is 62.6 Å². The van der Waals surface area contributed by atoms with Crippen molar-refractivity contribution in [1.82, 2.24) is 4.98 Å². The molecular weight excluding hydrogens is 388 g/mol. The van der Waals surface area contributed by atoms with Gasteiger partial charge in [0.25, 0.3) is 5.91 Å². The van der Waals surface area contributed by atoms with Gasteiger partial charge in [0.05, 0.1) is 5.69 Å². The van der Waals surface area contributed by atoms with Gasteiger partial charge in [-0.2, -0.15) is 4.39 Å². The van der Waals surface area contributed by atoms with E-state index < -0.39 is 17.6 Å². The summed E-state index contributed by atoms with van der Waals surface area (Å²) in [6, 6.07) is 13.6. The van der Waals surface area contributed by atoms with Crippen LogP contribution in [0.3, 0.4) is 0 Å². The van der Waals surface area contributed by atoms with Crippen LogP contribution in [0.25, 0.3) is 11.1 Å². The van der Waals surface area contributed by atoms with Gasteiger partial charge in [-0.25, -0.2) is 15.2 Å². The van der Waals surface area contributed by atoms with E-state index in [0.29, 0.717) is 17.0 Å². The first kappa shape index (κ1) is 21.4. The molecule has 0 saturated heterocycles. The fourth-order valence-electron chi connectivity index (χ4n) is 2.95. The Morgan fingerprint density at radius 3 is 2.30 bits per heavy atom. The quantitative estimate of drug-likeness (QED) is 0.327. The standard InChI is InChI=1S/C23H23F2N3O2/c1-3-23(25,4-2)30-19-8-6-18(7-9-19)28(26)22(29)17-5-10-21(24)20(15-17)16-11-13-27-14-12-16/h5-15H,3-4,26H2,1-2H3. The summed E-state index contributed by atoms with van der Waals surface area (Å²) in [6.45, 7) is 3.42. The average molecular weight is 411 g/mol. The van der Waals surface area contributed by atoms with Crippen LogP contribution < -0.4 is 15.6 Å². The molecule has 0 aliphatic carbocycles. The maximum Gasteiger partial charge on any atom is 0.272 e. The molecule has 0 atom stereocenters. The first-order valence-corrected chi connectivity index (χ1v) is 9.64. The van der Waals surface area contributed by atoms with Crippen LogP contribution >= 0.6 is 0 Å². The van der Waals surface area contributed by atoms with E-state index in [4.69, 9.17) is 10.6 Å². The molecule has 3 aromatic rings. The number of alkyl halides is 1. The Bertz CT molecular complexity index is 1010. The molecule has 0 radical (unpaired) electrons. The first-order valence-electron chi connectivity index (χ1n) is 9.64. The lowest BCUT2D eigenvalue weighted by molar-refractivity contribution is -0.0679. The van der Waals surface area contributed by atoms with Crippen molar-refractivity contribution in [2.75, 3.05) is 5.01 Å². The number of carbonyl (C=O) groups excluding carboxylic acids is 1. The third-order valence-electron chi connectivity index (χ3n) is 4.90. The van der Waals surface area contributed by atoms with Crippen LogP contribution in [0.15, 0.2) is 67.0 Å². The molecule has 0 fully saturated rings. The second-order valence-corrected chi connectivity index (χ2v) is 6.79. The van der Waals surface area contributed by atoms with Crippen molar-refractivity contribution in [2.45, 2.75) is 32.5 Å². The molecule has 3 rings (SSSR count). The largest absolute Gasteiger partial charge is 0.458 e. The molecule has 1 amide bonds. The number of ether oxygens (including phenoxy) is 1. The van der Waals surface area contributed by atoms with E-state index in [9.17, 15) is 13.6 Å². The molecule has 2 aromatic carbocycles. The summed E-state index contributed by atoms with van der Waals surface area (Å²) in [5.41, 5.74) is 1.49. The monoisotopic (exact) mass is 411 g/mol. The van der Waals surface area contributed by atoms with Crippen LogP contribution in [0, 0.1) is 5.82 Å². The van der Waals surface area contributed by atoms with Crippen molar-refractivity contribution in [3.63, 3.8) is 0 Å². The fourth-order valence-corrected chi connectivity index (χ4v) is 2.95. The van der Waals surface area contributed by atoms with Crippen molar-refractivity contribution >= 4 is 11.6 Å². The molecule has 0 unspecified atom stereocenters. The molecule has 5 nitrogen and oxygen atoms in total. The van der Waals surface area contributed by atoms with Crippen LogP contribution in [0.2, 0.25) is 0 Å². The summed E-state index contributed by atoms with van der Waals surface area (Å²) in [5, 5.41) is 0.954. The lowest BCUT2D eigenvalue weighted by Gasteiger charge is -2.24. The van der Waals surface area contributed by atoms with Crippen LogP contribution in [-0.2, 0) is 0 Å². The zero-order valence-corrected chi connectivity index (χ0v) is 16.8. The van der Waals surface area contributed by atoms with E-state index in [1.165, 1.54) is 18.2 Å². The zero-order chi connectivity index (χ0) is 21.7. The van der Waals surface area contributed by atoms with Gasteiger partial charge in [0, 0.05) is 36.4 Å². The molecule has 1 aromatic heterocycles. The summed E-state index contributed by atoms with van der Waals surface area (Å²) < 4.78 is 34.1. The van der Waals surface area contributed by atoms with Gasteiger partial charge in [-0.05, 0) is 60.2 Å². The topological polar surface area (TPSA) is 68.5 Å². The fraction of sp³-hybridized carbons (Fsp3) is 0.217. The highest BCUT2D eigenvalue weighted by molar-refractivity contribution is 6.06. The molecular formula is C23H23F2N3O2. The van der Waals surface area contributed by atoms with Crippen molar-refractivity contribution < 1.29 is 18.3 Å². The second kappa shape index (κ2) is 9.00. The Kier molecular flexibility index (Phi) is 6.42. The Labute approximate surface area is 174 Å². The van der Waals surface area contributed by atoms with Crippen molar-refractivity contribution in [3.8, 4) is 16.9 Å². The van der Waals surface area contributed by atoms with Gasteiger partial charge in [-0.1, -0.05) is 13.8 Å². The normalized spacial score (nSPS) is 11.2. The summed E-state index contributed by atoms with van der Waals surface area (Å²) in [4.78, 5) is 16.7. The minimum Gasteiger partial charge on any atom is -0.458 e. The van der Waals surface area contributed by atoms with Crippen LogP contribution in [-0.4, -0.2) is 16.7 Å². The molecule has 1 heterocycles. The molecule has 2 N–H and O–H groups in total. The van der Waals surface area contributed by atoms with Crippen molar-refractivity contribution in [3.05, 3.63) is 78.4 Å². The SMILES string of the molecule is CCC(F)(CC)Oc1ccc(N(N)C(=O)c2ccc(F)c(-c3ccncc3)c2)cc1. The molecule has 156 valence electrons. The third-order valence-corrected chi connectivity index (χ3v) is 4.90. The summed E-state index contributed by atoms with van der Waals surface area (Å²) in [7, 11) is 0. The zero-order valence-electron chi connectivity index (χ0n) is 16.8. The van der Waals surface area contributed by atoms with E-state index in [0.717, 1.165) is 5.01 Å². The lowest BCUT2D eigenvalue weighted by Crippen LogP contribution is -2.37. The Hall–Kier alpha value is -3.32. The molecule has 0 spiro atoms. The summed E-state index contributed by atoms with van der Waals surface area (Å²) in [6.07, 6.45) is 3.53. The highest BCUT2D eigenvalue weighted by Gasteiger charge is 2.27. The van der Waals surface area contributed by atoms with Crippen LogP contribution in [0.4, 0.5) is 14.5 Å². The molecule has 0 bridgehead atoms. The van der Waals surface area contributed by atoms with Crippen molar-refractivity contribution in [2.24, 2.45) is 5.84 Å². The van der Waals surface area contributed by atoms with Gasteiger partial charge >= 0.3 is 0 Å². The smallest absolute Gasteiger partial charge is 0.272 e. The van der Waals surface area contributed by atoms with Gasteiger partial charge < -0.3 is 4.74 Å². The average Bonchev–Trinajstić information content (AvgIpc) is 2.79. The van der Waals surface area contributed by atoms with Gasteiger partial charge in [0.1, 0.15) is 11.6 Å². The number of hydrogen-bond donors (Lipinski definition) is 1. The maximum absolute atomic E-state index is 14.4. The number of nitrogens with zero attached hydrogens (tertiary/aromatic N) is 2. The minimum absolute atomic E-state index is 0.219. The molecule has 7 heteroatoms. The predicted octanol–water partition coefficient (Wildman–Crippen LogP) is 5.27. The van der Waals surface area contributed by atoms with E-state index in [1.807, 2.05) is 0 Å². The van der Waals surface area contributed by atoms with Gasteiger partial charge in [0.2, 0.25) is 5.85 Å². The molecule has 30 heavy (non-hydrogen) atoms. The number of rotatable bonds is 7. The van der Waals surface area contributed by atoms with Gasteiger partial charge in [-0.3, -0.25) is 9.78 Å². The first-order chi connectivity index (χ1) is 14.4. The summed E-state index contributed by atoms with van der Waals surface area (Å²) in [5.74, 6) is 3.63. The molecule has 0 aliphatic rings. The number of anilines is 1. The number of nitrogens with two attached hydrogens (primary N) is 1. The number of benzene rings is 2. The van der Waals surface area contributed by atoms with Crippen molar-refractivity contribution in [1.29, 1.82) is 0 Å². The summed E-state index contributed by atoms with van der Waals surface area (Å²) >= 11 is 0. The van der Waals surface area contributed by atoms with Crippen LogP contribution in [0.1, 0.15) is 37.0 Å². The lowest BCUT2D eigenvalue weighted by atomic mass is 10.0. The Morgan fingerprint density at radius 1 is 1.07 bits per heavy atom. The van der Waals surface area contributed by atoms with E-state index in [2.05, 4.69) is 4.98 Å². The highest BCUT2D eigenvalue weighted by Crippen LogP contribution is 2.28. The number of halogens is 2.